The van der Waals surface area contributed by atoms with Crippen LogP contribution in [0.3, 0.4) is 0 Å². The molecule has 1 unspecified atom stereocenters. The number of imidazole rings is 1. The summed E-state index contributed by atoms with van der Waals surface area (Å²) in [6, 6.07) is 15.7. The Labute approximate surface area is 218 Å². The van der Waals surface area contributed by atoms with E-state index in [1.165, 1.54) is 5.56 Å². The Bertz CT molecular complexity index is 1090. The Morgan fingerprint density at radius 3 is 2.75 bits per heavy atom. The van der Waals surface area contributed by atoms with Crippen molar-refractivity contribution in [2.75, 3.05) is 46.6 Å². The molecule has 4 rings (SSSR count). The Hall–Kier alpha value is -2.58. The van der Waals surface area contributed by atoms with E-state index in [4.69, 9.17) is 30.5 Å². The Morgan fingerprint density at radius 2 is 1.94 bits per heavy atom. The molecule has 1 aromatic heterocycles. The summed E-state index contributed by atoms with van der Waals surface area (Å²) in [7, 11) is 1.72. The molecule has 0 radical (unpaired) electrons. The van der Waals surface area contributed by atoms with Crippen molar-refractivity contribution in [3.8, 4) is 11.5 Å². The zero-order chi connectivity index (χ0) is 25.2. The first kappa shape index (κ1) is 26.5. The summed E-state index contributed by atoms with van der Waals surface area (Å²) in [4.78, 5) is 6.73. The summed E-state index contributed by atoms with van der Waals surface area (Å²) in [6.07, 6.45) is 5.76. The third-order valence-corrected chi connectivity index (χ3v) is 6.63. The molecule has 8 heteroatoms. The Morgan fingerprint density at radius 1 is 1.11 bits per heavy atom. The van der Waals surface area contributed by atoms with Crippen LogP contribution in [-0.4, -0.2) is 66.7 Å². The third-order valence-electron chi connectivity index (χ3n) is 6.39. The van der Waals surface area contributed by atoms with E-state index in [1.807, 2.05) is 42.7 Å². The van der Waals surface area contributed by atoms with Gasteiger partial charge in [-0.15, -0.1) is 0 Å². The van der Waals surface area contributed by atoms with Crippen LogP contribution in [0.1, 0.15) is 24.7 Å². The maximum absolute atomic E-state index is 6.10. The second kappa shape index (κ2) is 13.1. The molecule has 0 spiro atoms. The van der Waals surface area contributed by atoms with E-state index in [0.717, 1.165) is 49.8 Å². The highest BCUT2D eigenvalue weighted by molar-refractivity contribution is 6.30. The van der Waals surface area contributed by atoms with E-state index in [1.54, 1.807) is 7.11 Å². The van der Waals surface area contributed by atoms with Crippen molar-refractivity contribution in [2.24, 2.45) is 0 Å². The van der Waals surface area contributed by atoms with Crippen LogP contribution in [0.4, 0.5) is 0 Å². The van der Waals surface area contributed by atoms with Gasteiger partial charge in [0, 0.05) is 57.1 Å². The molecule has 36 heavy (non-hydrogen) atoms. The summed E-state index contributed by atoms with van der Waals surface area (Å²) in [5, 5.41) is 0.646. The topological polar surface area (TPSA) is 58.0 Å². The van der Waals surface area contributed by atoms with E-state index < -0.39 is 5.60 Å². The molecule has 1 aliphatic heterocycles. The van der Waals surface area contributed by atoms with Gasteiger partial charge in [0.2, 0.25) is 0 Å². The number of hydrogen-bond acceptors (Lipinski definition) is 6. The minimum atomic E-state index is -0.572. The second-order valence-electron chi connectivity index (χ2n) is 9.14. The quantitative estimate of drug-likeness (QED) is 0.322. The van der Waals surface area contributed by atoms with Crippen LogP contribution in [0.15, 0.2) is 60.9 Å². The number of ether oxygens (including phenoxy) is 4. The highest BCUT2D eigenvalue weighted by Crippen LogP contribution is 2.23. The van der Waals surface area contributed by atoms with E-state index in [2.05, 4.69) is 39.6 Å². The molecule has 1 fully saturated rings. The van der Waals surface area contributed by atoms with Gasteiger partial charge in [0.05, 0.1) is 19.8 Å². The van der Waals surface area contributed by atoms with Gasteiger partial charge in [0.25, 0.3) is 0 Å². The molecular weight excluding hydrogens is 478 g/mol. The Kier molecular flexibility index (Phi) is 9.64. The monoisotopic (exact) mass is 513 g/mol. The fourth-order valence-corrected chi connectivity index (χ4v) is 4.62. The Balaban J connectivity index is 1.31. The lowest BCUT2D eigenvalue weighted by atomic mass is 10.1. The summed E-state index contributed by atoms with van der Waals surface area (Å²) in [5.74, 6) is 2.73. The normalized spacial score (nSPS) is 18.6. The van der Waals surface area contributed by atoms with Crippen LogP contribution >= 0.6 is 11.6 Å². The lowest BCUT2D eigenvalue weighted by molar-refractivity contribution is -0.0925. The van der Waals surface area contributed by atoms with E-state index in [-0.39, 0.29) is 0 Å². The van der Waals surface area contributed by atoms with Gasteiger partial charge < -0.3 is 23.5 Å². The van der Waals surface area contributed by atoms with Gasteiger partial charge in [-0.25, -0.2) is 4.98 Å². The van der Waals surface area contributed by atoms with Crippen molar-refractivity contribution < 1.29 is 18.9 Å². The molecule has 0 aliphatic carbocycles. The van der Waals surface area contributed by atoms with Crippen LogP contribution in [-0.2, 0) is 29.0 Å². The number of rotatable bonds is 12. The van der Waals surface area contributed by atoms with Crippen LogP contribution < -0.4 is 9.47 Å². The highest BCUT2D eigenvalue weighted by atomic mass is 35.5. The van der Waals surface area contributed by atoms with Crippen molar-refractivity contribution in [1.82, 2.24) is 14.5 Å². The van der Waals surface area contributed by atoms with Gasteiger partial charge >= 0.3 is 0 Å². The molecule has 3 aromatic rings. The largest absolute Gasteiger partial charge is 0.494 e. The molecule has 0 N–H and O–H groups in total. The van der Waals surface area contributed by atoms with Gasteiger partial charge in [-0.05, 0) is 42.3 Å². The molecule has 1 aliphatic rings. The number of hydrogen-bond donors (Lipinski definition) is 0. The third kappa shape index (κ3) is 7.46. The fraction of sp³-hybridized carbons (Fsp3) is 0.464. The maximum Gasteiger partial charge on any atom is 0.137 e. The molecule has 2 aromatic carbocycles. The van der Waals surface area contributed by atoms with Gasteiger partial charge in [0.1, 0.15) is 29.5 Å². The number of nitrogens with zero attached hydrogens (tertiary/aromatic N) is 3. The first-order chi connectivity index (χ1) is 17.6. The van der Waals surface area contributed by atoms with Crippen molar-refractivity contribution in [3.05, 3.63) is 77.3 Å². The molecule has 0 amide bonds. The average Bonchev–Trinajstić information content (AvgIpc) is 3.25. The molecule has 0 bridgehead atoms. The van der Waals surface area contributed by atoms with Crippen molar-refractivity contribution in [3.63, 3.8) is 0 Å². The molecule has 0 saturated carbocycles. The number of aryl methyl sites for hydroxylation is 2. The minimum Gasteiger partial charge on any atom is -0.494 e. The maximum atomic E-state index is 6.10. The second-order valence-corrected chi connectivity index (χ2v) is 9.57. The lowest BCUT2D eigenvalue weighted by Gasteiger charge is -2.34. The van der Waals surface area contributed by atoms with Crippen molar-refractivity contribution in [1.29, 1.82) is 0 Å². The number of methoxy groups -OCH3 is 1. The van der Waals surface area contributed by atoms with Gasteiger partial charge in [-0.2, -0.15) is 0 Å². The zero-order valence-corrected chi connectivity index (χ0v) is 22.0. The summed E-state index contributed by atoms with van der Waals surface area (Å²) < 4.78 is 26.2. The van der Waals surface area contributed by atoms with Gasteiger partial charge in [-0.1, -0.05) is 36.7 Å². The molecule has 1 saturated heterocycles. The molecule has 1 atom stereocenters. The lowest BCUT2D eigenvalue weighted by Crippen LogP contribution is -2.50. The smallest absolute Gasteiger partial charge is 0.137 e. The van der Waals surface area contributed by atoms with Crippen LogP contribution in [0.2, 0.25) is 5.02 Å². The average molecular weight is 514 g/mol. The van der Waals surface area contributed by atoms with Crippen molar-refractivity contribution >= 4 is 11.6 Å². The van der Waals surface area contributed by atoms with E-state index in [0.29, 0.717) is 38.0 Å². The van der Waals surface area contributed by atoms with Gasteiger partial charge in [0.15, 0.2) is 0 Å². The fourth-order valence-electron chi connectivity index (χ4n) is 4.44. The predicted octanol–water partition coefficient (Wildman–Crippen LogP) is 4.86. The number of halogens is 1. The first-order valence-electron chi connectivity index (χ1n) is 12.5. The standard InChI is InChI=1S/C28H36ClN3O4/c1-3-27-30-11-13-32(27)12-6-15-35-25-9-4-7-23(17-25)19-31-14-16-34-21-28(20-31,33-2)22-36-26-10-5-8-24(29)18-26/h4-5,7-11,13,17-18H,3,6,12,14-16,19-22H2,1-2H3. The zero-order valence-electron chi connectivity index (χ0n) is 21.2. The first-order valence-corrected chi connectivity index (χ1v) is 12.9. The molecule has 194 valence electrons. The van der Waals surface area contributed by atoms with E-state index in [9.17, 15) is 0 Å². The number of aromatic nitrogens is 2. The molecule has 2 heterocycles. The molecule has 7 nitrogen and oxygen atoms in total. The SMILES string of the molecule is CCc1nccn1CCCOc1cccc(CN2CCOCC(COc3cccc(Cl)c3)(OC)C2)c1. The summed E-state index contributed by atoms with van der Waals surface area (Å²) in [6.45, 7) is 7.48. The van der Waals surface area contributed by atoms with Crippen LogP contribution in [0.25, 0.3) is 0 Å². The predicted molar refractivity (Wildman–Crippen MR) is 141 cm³/mol. The highest BCUT2D eigenvalue weighted by Gasteiger charge is 2.36. The number of benzene rings is 2. The summed E-state index contributed by atoms with van der Waals surface area (Å²) >= 11 is 6.10. The summed E-state index contributed by atoms with van der Waals surface area (Å²) in [5.41, 5.74) is 0.621. The molecular formula is C28H36ClN3O4. The van der Waals surface area contributed by atoms with E-state index >= 15 is 0 Å². The van der Waals surface area contributed by atoms with Crippen LogP contribution in [0.5, 0.6) is 11.5 Å². The van der Waals surface area contributed by atoms with Crippen LogP contribution in [0, 0.1) is 0 Å². The van der Waals surface area contributed by atoms with Gasteiger partial charge in [-0.3, -0.25) is 4.90 Å². The minimum absolute atomic E-state index is 0.375. The van der Waals surface area contributed by atoms with Crippen molar-refractivity contribution in [2.45, 2.75) is 38.5 Å².